The molecule has 3 N–H and O–H groups in total. The van der Waals surface area contributed by atoms with Crippen molar-refractivity contribution in [2.75, 3.05) is 7.11 Å². The van der Waals surface area contributed by atoms with E-state index in [1.807, 2.05) is 33.8 Å². The third-order valence-electron chi connectivity index (χ3n) is 2.96. The van der Waals surface area contributed by atoms with Gasteiger partial charge in [-0.2, -0.15) is 0 Å². The van der Waals surface area contributed by atoms with Gasteiger partial charge in [-0.1, -0.05) is 0 Å². The molecule has 0 spiro atoms. The Labute approximate surface area is 115 Å². The van der Waals surface area contributed by atoms with Gasteiger partial charge in [-0.05, 0) is 45.7 Å². The molecule has 108 valence electrons. The second kappa shape index (κ2) is 6.84. The van der Waals surface area contributed by atoms with Gasteiger partial charge in [-0.3, -0.25) is 16.3 Å². The van der Waals surface area contributed by atoms with Crippen LogP contribution in [0.3, 0.4) is 0 Å². The average Bonchev–Trinajstić information content (AvgIpc) is 2.35. The first-order valence-electron chi connectivity index (χ1n) is 6.51. The summed E-state index contributed by atoms with van der Waals surface area (Å²) in [4.78, 5) is 4.20. The lowest BCUT2D eigenvalue weighted by molar-refractivity contribution is 0.00675. The van der Waals surface area contributed by atoms with Gasteiger partial charge >= 0.3 is 0 Å². The minimum absolute atomic E-state index is 0.0295. The van der Waals surface area contributed by atoms with Crippen LogP contribution in [0.4, 0.5) is 0 Å². The molecular formula is C14H25N3O2. The summed E-state index contributed by atoms with van der Waals surface area (Å²) in [5.41, 5.74) is 3.55. The van der Waals surface area contributed by atoms with Crippen LogP contribution in [-0.4, -0.2) is 23.8 Å². The zero-order valence-corrected chi connectivity index (χ0v) is 12.4. The van der Waals surface area contributed by atoms with Crippen molar-refractivity contribution in [3.8, 4) is 5.75 Å². The van der Waals surface area contributed by atoms with E-state index in [1.165, 1.54) is 0 Å². The largest absolute Gasteiger partial charge is 0.489 e. The number of rotatable bonds is 7. The van der Waals surface area contributed by atoms with Gasteiger partial charge in [0.25, 0.3) is 0 Å². The number of aromatic nitrogens is 1. The minimum atomic E-state index is -0.258. The number of methoxy groups -OCH3 is 1. The molecule has 1 aromatic heterocycles. The number of nitrogens with two attached hydrogens (primary N) is 1. The predicted molar refractivity (Wildman–Crippen MR) is 75.8 cm³/mol. The Bertz CT molecular complexity index is 394. The predicted octanol–water partition coefficient (Wildman–Crippen LogP) is 2.19. The molecule has 0 aliphatic rings. The summed E-state index contributed by atoms with van der Waals surface area (Å²) in [6.07, 6.45) is 4.37. The Kier molecular flexibility index (Phi) is 5.72. The Balaban J connectivity index is 2.86. The van der Waals surface area contributed by atoms with E-state index in [2.05, 4.69) is 10.4 Å². The van der Waals surface area contributed by atoms with Crippen LogP contribution in [0.25, 0.3) is 0 Å². The fourth-order valence-corrected chi connectivity index (χ4v) is 1.81. The van der Waals surface area contributed by atoms with Gasteiger partial charge in [0.05, 0.1) is 23.9 Å². The highest BCUT2D eigenvalue weighted by atomic mass is 16.5. The summed E-state index contributed by atoms with van der Waals surface area (Å²) in [5, 5.41) is 0. The highest BCUT2D eigenvalue weighted by Crippen LogP contribution is 2.27. The van der Waals surface area contributed by atoms with E-state index in [-0.39, 0.29) is 17.7 Å². The molecule has 0 aliphatic heterocycles. The van der Waals surface area contributed by atoms with E-state index in [0.29, 0.717) is 0 Å². The maximum atomic E-state index is 5.64. The van der Waals surface area contributed by atoms with Crippen LogP contribution in [0.2, 0.25) is 0 Å². The third-order valence-corrected chi connectivity index (χ3v) is 2.96. The second-order valence-corrected chi connectivity index (χ2v) is 5.51. The van der Waals surface area contributed by atoms with E-state index in [9.17, 15) is 0 Å². The van der Waals surface area contributed by atoms with Crippen molar-refractivity contribution < 1.29 is 9.47 Å². The van der Waals surface area contributed by atoms with E-state index in [1.54, 1.807) is 19.5 Å². The highest BCUT2D eigenvalue weighted by Gasteiger charge is 2.23. The number of nitrogens with zero attached hydrogens (tertiary/aromatic N) is 1. The maximum absolute atomic E-state index is 5.64. The van der Waals surface area contributed by atoms with Crippen LogP contribution in [0.1, 0.15) is 45.7 Å². The van der Waals surface area contributed by atoms with Crippen LogP contribution in [0, 0.1) is 0 Å². The first-order valence-corrected chi connectivity index (χ1v) is 6.51. The van der Waals surface area contributed by atoms with Gasteiger partial charge in [-0.25, -0.2) is 0 Å². The molecule has 0 saturated heterocycles. The van der Waals surface area contributed by atoms with Crippen molar-refractivity contribution in [3.63, 3.8) is 0 Å². The fourth-order valence-electron chi connectivity index (χ4n) is 1.81. The second-order valence-electron chi connectivity index (χ2n) is 5.51. The first kappa shape index (κ1) is 15.9. The Hall–Kier alpha value is -1.17. The van der Waals surface area contributed by atoms with Crippen LogP contribution < -0.4 is 16.0 Å². The molecule has 5 nitrogen and oxygen atoms in total. The summed E-state index contributed by atoms with van der Waals surface area (Å²) >= 11 is 0. The number of hydrogen-bond acceptors (Lipinski definition) is 5. The summed E-state index contributed by atoms with van der Waals surface area (Å²) in [6.45, 7) is 8.03. The molecule has 0 fully saturated rings. The molecule has 5 heteroatoms. The summed E-state index contributed by atoms with van der Waals surface area (Å²) < 4.78 is 11.1. The molecular weight excluding hydrogens is 242 g/mol. The zero-order chi connectivity index (χ0) is 14.5. The lowest BCUT2D eigenvalue weighted by Crippen LogP contribution is -2.35. The quantitative estimate of drug-likeness (QED) is 0.585. The van der Waals surface area contributed by atoms with Gasteiger partial charge in [0.15, 0.2) is 0 Å². The zero-order valence-electron chi connectivity index (χ0n) is 12.4. The standard InChI is InChI=1S/C14H25N3O2/c1-10(2)19-12-6-11(8-16-9-12)13(17-15)7-14(3,4)18-5/h6,8-10,13,17H,7,15H2,1-5H3. The van der Waals surface area contributed by atoms with Crippen molar-refractivity contribution >= 4 is 0 Å². The molecule has 1 aromatic rings. The molecule has 0 saturated carbocycles. The molecule has 0 aromatic carbocycles. The fraction of sp³-hybridized carbons (Fsp3) is 0.643. The van der Waals surface area contributed by atoms with Crippen molar-refractivity contribution in [2.45, 2.75) is 51.9 Å². The maximum Gasteiger partial charge on any atom is 0.138 e. The van der Waals surface area contributed by atoms with Gasteiger partial charge in [0.1, 0.15) is 5.75 Å². The van der Waals surface area contributed by atoms with Crippen molar-refractivity contribution in [1.82, 2.24) is 10.4 Å². The normalized spacial score (nSPS) is 13.6. The van der Waals surface area contributed by atoms with Gasteiger partial charge in [0, 0.05) is 13.3 Å². The van der Waals surface area contributed by atoms with Crippen LogP contribution >= 0.6 is 0 Å². The van der Waals surface area contributed by atoms with E-state index in [4.69, 9.17) is 15.3 Å². The van der Waals surface area contributed by atoms with Crippen LogP contribution in [0.5, 0.6) is 5.75 Å². The topological polar surface area (TPSA) is 69.4 Å². The Morgan fingerprint density at radius 1 is 1.37 bits per heavy atom. The summed E-state index contributed by atoms with van der Waals surface area (Å²) in [6, 6.07) is 1.93. The number of ether oxygens (including phenoxy) is 2. The van der Waals surface area contributed by atoms with Crippen molar-refractivity contribution in [1.29, 1.82) is 0 Å². The summed E-state index contributed by atoms with van der Waals surface area (Å²) in [7, 11) is 1.70. The first-order chi connectivity index (χ1) is 8.88. The molecule has 1 unspecified atom stereocenters. The Morgan fingerprint density at radius 3 is 2.58 bits per heavy atom. The highest BCUT2D eigenvalue weighted by molar-refractivity contribution is 5.26. The number of hydrogen-bond donors (Lipinski definition) is 2. The Morgan fingerprint density at radius 2 is 2.05 bits per heavy atom. The average molecular weight is 267 g/mol. The van der Waals surface area contributed by atoms with E-state index < -0.39 is 0 Å². The SMILES string of the molecule is COC(C)(C)CC(NN)c1cncc(OC(C)C)c1. The molecule has 0 amide bonds. The van der Waals surface area contributed by atoms with E-state index in [0.717, 1.165) is 17.7 Å². The molecule has 0 aliphatic carbocycles. The number of pyridine rings is 1. The molecule has 0 bridgehead atoms. The van der Waals surface area contributed by atoms with Gasteiger partial charge in [-0.15, -0.1) is 0 Å². The molecule has 0 radical (unpaired) electrons. The molecule has 1 atom stereocenters. The molecule has 1 heterocycles. The molecule has 19 heavy (non-hydrogen) atoms. The van der Waals surface area contributed by atoms with E-state index >= 15 is 0 Å². The summed E-state index contributed by atoms with van der Waals surface area (Å²) in [5.74, 6) is 6.40. The van der Waals surface area contributed by atoms with Crippen LogP contribution in [0.15, 0.2) is 18.5 Å². The lowest BCUT2D eigenvalue weighted by atomic mass is 9.95. The number of nitrogens with one attached hydrogen (secondary N) is 1. The minimum Gasteiger partial charge on any atom is -0.489 e. The van der Waals surface area contributed by atoms with Crippen LogP contribution in [-0.2, 0) is 4.74 Å². The van der Waals surface area contributed by atoms with Crippen molar-refractivity contribution in [3.05, 3.63) is 24.0 Å². The monoisotopic (exact) mass is 267 g/mol. The van der Waals surface area contributed by atoms with Gasteiger partial charge < -0.3 is 9.47 Å². The smallest absolute Gasteiger partial charge is 0.138 e. The molecule has 1 rings (SSSR count). The number of hydrazine groups is 1. The third kappa shape index (κ3) is 5.14. The lowest BCUT2D eigenvalue weighted by Gasteiger charge is -2.28. The van der Waals surface area contributed by atoms with Crippen molar-refractivity contribution in [2.24, 2.45) is 5.84 Å². The van der Waals surface area contributed by atoms with Gasteiger partial charge in [0.2, 0.25) is 0 Å².